The Labute approximate surface area is 212 Å². The molecular weight excluding hydrogens is 421 g/mol. The number of rotatable bonds is 18. The van der Waals surface area contributed by atoms with Gasteiger partial charge in [-0.25, -0.2) is 8.42 Å². The van der Waals surface area contributed by atoms with Crippen LogP contribution in [0.2, 0.25) is 0 Å². The number of nitrogens with one attached hydrogen (secondary N) is 1. The maximum atomic E-state index is 11.9. The molecule has 172 valence electrons. The van der Waals surface area contributed by atoms with Crippen molar-refractivity contribution in [2.75, 3.05) is 5.32 Å². The van der Waals surface area contributed by atoms with Crippen LogP contribution in [0, 0.1) is 0 Å². The third kappa shape index (κ3) is 16.8. The standard InChI is InChI=1S/C24H41NO4S.Na/c1-2-3-4-5-6-7-8-9-10-11-12-13-14-15-16-17-24(26)25-22-18-20-23(21-19-22)30(27,28)29;/h18-21H,2-17H2,1H3,(H,25,26)(H,27,28,29);/q;+1/p-1. The summed E-state index contributed by atoms with van der Waals surface area (Å²) in [5.41, 5.74) is 0.508. The van der Waals surface area contributed by atoms with Crippen molar-refractivity contribution in [2.24, 2.45) is 0 Å². The summed E-state index contributed by atoms with van der Waals surface area (Å²) in [5, 5.41) is 2.73. The minimum absolute atomic E-state index is 0. The summed E-state index contributed by atoms with van der Waals surface area (Å²) in [7, 11) is -4.45. The molecule has 1 amide bonds. The Morgan fingerprint density at radius 2 is 1.13 bits per heavy atom. The topological polar surface area (TPSA) is 86.3 Å². The van der Waals surface area contributed by atoms with E-state index < -0.39 is 10.1 Å². The second kappa shape index (κ2) is 19.1. The number of unbranched alkanes of at least 4 members (excludes halogenated alkanes) is 14. The number of hydrogen-bond acceptors (Lipinski definition) is 4. The molecule has 0 bridgehead atoms. The average Bonchev–Trinajstić information content (AvgIpc) is 2.70. The maximum absolute atomic E-state index is 11.9. The van der Waals surface area contributed by atoms with Gasteiger partial charge in [-0.2, -0.15) is 0 Å². The van der Waals surface area contributed by atoms with Crippen LogP contribution in [0.1, 0.15) is 110 Å². The van der Waals surface area contributed by atoms with Crippen molar-refractivity contribution in [1.82, 2.24) is 0 Å². The zero-order valence-corrected chi connectivity index (χ0v) is 22.5. The van der Waals surface area contributed by atoms with Gasteiger partial charge < -0.3 is 9.87 Å². The van der Waals surface area contributed by atoms with Crippen molar-refractivity contribution in [3.63, 3.8) is 0 Å². The van der Waals surface area contributed by atoms with Crippen LogP contribution >= 0.6 is 0 Å². The molecule has 7 heteroatoms. The Morgan fingerprint density at radius 1 is 0.742 bits per heavy atom. The van der Waals surface area contributed by atoms with Crippen LogP contribution in [0.25, 0.3) is 0 Å². The first kappa shape index (κ1) is 30.6. The van der Waals surface area contributed by atoms with E-state index in [-0.39, 0.29) is 40.4 Å². The largest absolute Gasteiger partial charge is 1.00 e. The monoisotopic (exact) mass is 461 g/mol. The third-order valence-corrected chi connectivity index (χ3v) is 6.28. The first-order chi connectivity index (χ1) is 14.4. The number of benzene rings is 1. The maximum Gasteiger partial charge on any atom is 1.00 e. The van der Waals surface area contributed by atoms with Crippen molar-refractivity contribution < 1.29 is 47.3 Å². The van der Waals surface area contributed by atoms with Crippen LogP contribution < -0.4 is 34.9 Å². The molecule has 0 atom stereocenters. The van der Waals surface area contributed by atoms with Gasteiger partial charge in [0.15, 0.2) is 0 Å². The molecule has 1 rings (SSSR count). The molecule has 1 N–H and O–H groups in total. The fourth-order valence-electron chi connectivity index (χ4n) is 3.59. The molecule has 0 aliphatic carbocycles. The van der Waals surface area contributed by atoms with E-state index in [0.29, 0.717) is 12.1 Å². The zero-order valence-electron chi connectivity index (χ0n) is 19.7. The minimum Gasteiger partial charge on any atom is -0.744 e. The summed E-state index contributed by atoms with van der Waals surface area (Å²) in [4.78, 5) is 11.6. The number of carbonyl (C=O) groups is 1. The van der Waals surface area contributed by atoms with Gasteiger partial charge in [-0.3, -0.25) is 4.79 Å². The number of amides is 1. The normalized spacial score (nSPS) is 11.2. The molecule has 0 fully saturated rings. The average molecular weight is 462 g/mol. The van der Waals surface area contributed by atoms with E-state index in [1.54, 1.807) is 0 Å². The Morgan fingerprint density at radius 3 is 1.52 bits per heavy atom. The van der Waals surface area contributed by atoms with E-state index in [4.69, 9.17) is 0 Å². The predicted octanol–water partition coefficient (Wildman–Crippen LogP) is 3.79. The van der Waals surface area contributed by atoms with Gasteiger partial charge in [0.05, 0.1) is 4.90 Å². The first-order valence-corrected chi connectivity index (χ1v) is 13.2. The zero-order chi connectivity index (χ0) is 22.1. The fraction of sp³-hybridized carbons (Fsp3) is 0.708. The molecule has 0 saturated heterocycles. The van der Waals surface area contributed by atoms with Crippen molar-refractivity contribution in [3.8, 4) is 0 Å². The van der Waals surface area contributed by atoms with Crippen LogP contribution in [0.15, 0.2) is 29.2 Å². The van der Waals surface area contributed by atoms with Gasteiger partial charge in [0.2, 0.25) is 5.91 Å². The van der Waals surface area contributed by atoms with E-state index in [1.807, 2.05) is 0 Å². The predicted molar refractivity (Wildman–Crippen MR) is 123 cm³/mol. The van der Waals surface area contributed by atoms with Gasteiger partial charge >= 0.3 is 29.6 Å². The molecule has 0 unspecified atom stereocenters. The second-order valence-corrected chi connectivity index (χ2v) is 9.61. The summed E-state index contributed by atoms with van der Waals surface area (Å²) in [5.74, 6) is -0.0811. The van der Waals surface area contributed by atoms with Crippen molar-refractivity contribution in [2.45, 2.75) is 115 Å². The van der Waals surface area contributed by atoms with Gasteiger partial charge in [0.25, 0.3) is 0 Å². The van der Waals surface area contributed by atoms with Crippen molar-refractivity contribution in [3.05, 3.63) is 24.3 Å². The van der Waals surface area contributed by atoms with Crippen molar-refractivity contribution >= 4 is 21.7 Å². The summed E-state index contributed by atoms with van der Waals surface area (Å²) in [6, 6.07) is 5.31. The molecule has 0 saturated carbocycles. The van der Waals surface area contributed by atoms with E-state index >= 15 is 0 Å². The van der Waals surface area contributed by atoms with Gasteiger partial charge in [-0.05, 0) is 30.7 Å². The van der Waals surface area contributed by atoms with Crippen LogP contribution in [0.4, 0.5) is 5.69 Å². The van der Waals surface area contributed by atoms with Crippen LogP contribution in [0.3, 0.4) is 0 Å². The van der Waals surface area contributed by atoms with E-state index in [9.17, 15) is 17.8 Å². The Hall–Kier alpha value is -0.400. The Balaban J connectivity index is 0.00000900. The van der Waals surface area contributed by atoms with E-state index in [0.717, 1.165) is 12.8 Å². The fourth-order valence-corrected chi connectivity index (χ4v) is 4.05. The molecule has 0 radical (unpaired) electrons. The summed E-state index contributed by atoms with van der Waals surface area (Å²) >= 11 is 0. The number of anilines is 1. The van der Waals surface area contributed by atoms with Gasteiger partial charge in [-0.1, -0.05) is 96.8 Å². The molecule has 0 heterocycles. The first-order valence-electron chi connectivity index (χ1n) is 11.8. The Bertz CT molecular complexity index is 677. The molecule has 1 aromatic rings. The molecule has 0 aliphatic rings. The molecule has 0 aliphatic heterocycles. The van der Waals surface area contributed by atoms with Crippen molar-refractivity contribution in [1.29, 1.82) is 0 Å². The summed E-state index contributed by atoms with van der Waals surface area (Å²) in [6.45, 7) is 2.26. The quantitative estimate of drug-likeness (QED) is 0.205. The van der Waals surface area contributed by atoms with Crippen LogP contribution in [0.5, 0.6) is 0 Å². The van der Waals surface area contributed by atoms with Gasteiger partial charge in [0, 0.05) is 12.1 Å². The molecule has 31 heavy (non-hydrogen) atoms. The van der Waals surface area contributed by atoms with E-state index in [2.05, 4.69) is 12.2 Å². The van der Waals surface area contributed by atoms with Crippen LogP contribution in [-0.4, -0.2) is 18.9 Å². The second-order valence-electron chi connectivity index (χ2n) is 8.23. The van der Waals surface area contributed by atoms with Gasteiger partial charge in [-0.15, -0.1) is 0 Å². The summed E-state index contributed by atoms with van der Waals surface area (Å²) in [6.07, 6.45) is 19.8. The van der Waals surface area contributed by atoms with E-state index in [1.165, 1.54) is 108 Å². The number of carbonyl (C=O) groups excluding carboxylic acids is 1. The number of hydrogen-bond donors (Lipinski definition) is 1. The molecule has 0 aromatic heterocycles. The Kier molecular flexibility index (Phi) is 18.9. The van der Waals surface area contributed by atoms with Crippen LogP contribution in [-0.2, 0) is 14.9 Å². The molecule has 5 nitrogen and oxygen atoms in total. The third-order valence-electron chi connectivity index (χ3n) is 5.43. The van der Waals surface area contributed by atoms with Gasteiger partial charge in [0.1, 0.15) is 10.1 Å². The smallest absolute Gasteiger partial charge is 0.744 e. The molecular formula is C24H40NNaO4S. The SMILES string of the molecule is CCCCCCCCCCCCCCCCCC(=O)Nc1ccc(S(=O)(=O)[O-])cc1.[Na+]. The molecule has 0 spiro atoms. The minimum atomic E-state index is -4.45. The summed E-state index contributed by atoms with van der Waals surface area (Å²) < 4.78 is 32.7. The molecule has 1 aromatic carbocycles.